The second-order valence-corrected chi connectivity index (χ2v) is 4.45. The topological polar surface area (TPSA) is 68.1 Å². The van der Waals surface area contributed by atoms with Crippen LogP contribution in [-0.4, -0.2) is 41.3 Å². The number of aliphatic imine (C=N–C) groups is 1. The van der Waals surface area contributed by atoms with E-state index in [2.05, 4.69) is 4.99 Å². The van der Waals surface area contributed by atoms with Crippen molar-refractivity contribution in [2.75, 3.05) is 6.54 Å². The minimum absolute atomic E-state index is 0.00216. The molecule has 1 saturated heterocycles. The summed E-state index contributed by atoms with van der Waals surface area (Å²) in [7, 11) is 0. The van der Waals surface area contributed by atoms with Crippen molar-refractivity contribution in [2.24, 2.45) is 4.99 Å². The number of carbonyl (C=O) groups is 1. The van der Waals surface area contributed by atoms with Gasteiger partial charge in [-0.25, -0.2) is 0 Å². The van der Waals surface area contributed by atoms with Gasteiger partial charge >= 0.3 is 5.97 Å². The van der Waals surface area contributed by atoms with Gasteiger partial charge in [0.15, 0.2) is 6.29 Å². The first kappa shape index (κ1) is 11.5. The van der Waals surface area contributed by atoms with E-state index in [1.54, 1.807) is 0 Å². The molecule has 0 amide bonds. The fourth-order valence-electron chi connectivity index (χ4n) is 2.37. The van der Waals surface area contributed by atoms with Crippen LogP contribution in [0, 0.1) is 0 Å². The number of nitrogens with zero attached hydrogens (tertiary/aromatic N) is 1. The highest BCUT2D eigenvalue weighted by molar-refractivity contribution is 5.95. The molecule has 90 valence electrons. The molecule has 2 unspecified atom stereocenters. The van der Waals surface area contributed by atoms with Crippen LogP contribution in [0.25, 0.3) is 0 Å². The minimum Gasteiger partial charge on any atom is -0.481 e. The van der Waals surface area contributed by atoms with Crippen molar-refractivity contribution in [1.82, 2.24) is 0 Å². The van der Waals surface area contributed by atoms with Gasteiger partial charge in [-0.15, -0.1) is 0 Å². The molecule has 0 spiro atoms. The van der Waals surface area contributed by atoms with E-state index in [0.717, 1.165) is 5.71 Å². The van der Waals surface area contributed by atoms with Crippen LogP contribution in [0.1, 0.15) is 33.1 Å². The predicted octanol–water partition coefficient (Wildman–Crippen LogP) is 1.22. The van der Waals surface area contributed by atoms with Gasteiger partial charge in [0.2, 0.25) is 0 Å². The highest BCUT2D eigenvalue weighted by Gasteiger charge is 2.51. The predicted molar refractivity (Wildman–Crippen MR) is 57.6 cm³/mol. The van der Waals surface area contributed by atoms with Crippen LogP contribution in [0.3, 0.4) is 0 Å². The molecule has 1 N–H and O–H groups in total. The fourth-order valence-corrected chi connectivity index (χ4v) is 2.37. The Labute approximate surface area is 94.5 Å². The monoisotopic (exact) mass is 227 g/mol. The van der Waals surface area contributed by atoms with E-state index in [4.69, 9.17) is 14.6 Å². The highest BCUT2D eigenvalue weighted by Crippen LogP contribution is 2.36. The van der Waals surface area contributed by atoms with Gasteiger partial charge in [0.05, 0.1) is 6.54 Å². The number of carboxylic acid groups (broad SMARTS) is 1. The molecule has 0 saturated carbocycles. The molecule has 16 heavy (non-hydrogen) atoms. The maximum absolute atomic E-state index is 10.4. The molecule has 0 aliphatic carbocycles. The van der Waals surface area contributed by atoms with E-state index in [0.29, 0.717) is 19.4 Å². The van der Waals surface area contributed by atoms with Crippen molar-refractivity contribution in [3.05, 3.63) is 0 Å². The molecule has 0 aromatic rings. The molecule has 5 nitrogen and oxygen atoms in total. The zero-order valence-electron chi connectivity index (χ0n) is 9.60. The number of carboxylic acids is 1. The molecule has 0 aromatic heterocycles. The Balaban J connectivity index is 1.93. The maximum Gasteiger partial charge on any atom is 0.303 e. The molecular weight excluding hydrogens is 210 g/mol. The molecule has 0 radical (unpaired) electrons. The van der Waals surface area contributed by atoms with E-state index in [1.807, 2.05) is 13.8 Å². The van der Waals surface area contributed by atoms with Crippen molar-refractivity contribution >= 4 is 11.7 Å². The average Bonchev–Trinajstić information content (AvgIpc) is 2.60. The van der Waals surface area contributed by atoms with Gasteiger partial charge in [-0.3, -0.25) is 9.79 Å². The quantitative estimate of drug-likeness (QED) is 0.784. The largest absolute Gasteiger partial charge is 0.481 e. The lowest BCUT2D eigenvalue weighted by Gasteiger charge is -2.23. The summed E-state index contributed by atoms with van der Waals surface area (Å²) < 4.78 is 11.3. The van der Waals surface area contributed by atoms with Gasteiger partial charge in [0.1, 0.15) is 11.7 Å². The molecule has 5 heteroatoms. The zero-order chi connectivity index (χ0) is 11.8. The van der Waals surface area contributed by atoms with E-state index in [-0.39, 0.29) is 18.8 Å². The fraction of sp³-hybridized carbons (Fsp3) is 0.818. The summed E-state index contributed by atoms with van der Waals surface area (Å²) in [4.78, 5) is 14.8. The first-order valence-corrected chi connectivity index (χ1v) is 5.61. The first-order chi connectivity index (χ1) is 7.52. The van der Waals surface area contributed by atoms with E-state index >= 15 is 0 Å². The number of fused-ring (bicyclic) bond motifs is 1. The summed E-state index contributed by atoms with van der Waals surface area (Å²) >= 11 is 0. The lowest BCUT2D eigenvalue weighted by atomic mass is 9.93. The Kier molecular flexibility index (Phi) is 2.99. The van der Waals surface area contributed by atoms with Crippen molar-refractivity contribution in [2.45, 2.75) is 51.1 Å². The number of rotatable bonds is 4. The summed E-state index contributed by atoms with van der Waals surface area (Å²) in [5.74, 6) is -0.766. The SMILES string of the molecule is C[C@@H]1OC2CN=C(CCCC(=O)O)C2(C)O1. The Morgan fingerprint density at radius 1 is 1.69 bits per heavy atom. The Morgan fingerprint density at radius 2 is 2.44 bits per heavy atom. The number of hydrogen-bond acceptors (Lipinski definition) is 4. The van der Waals surface area contributed by atoms with Crippen molar-refractivity contribution in [3.8, 4) is 0 Å². The third-order valence-electron chi connectivity index (χ3n) is 3.21. The summed E-state index contributed by atoms with van der Waals surface area (Å²) in [6, 6.07) is 0. The first-order valence-electron chi connectivity index (χ1n) is 5.61. The minimum atomic E-state index is -0.766. The van der Waals surface area contributed by atoms with Gasteiger partial charge in [-0.2, -0.15) is 0 Å². The van der Waals surface area contributed by atoms with Crippen molar-refractivity contribution in [3.63, 3.8) is 0 Å². The van der Waals surface area contributed by atoms with Crippen LogP contribution in [0.15, 0.2) is 4.99 Å². The molecular formula is C11H17NO4. The summed E-state index contributed by atoms with van der Waals surface area (Å²) in [5, 5.41) is 8.59. The third kappa shape index (κ3) is 1.97. The molecule has 2 aliphatic heterocycles. The summed E-state index contributed by atoms with van der Waals surface area (Å²) in [5.41, 5.74) is 0.515. The van der Waals surface area contributed by atoms with Crippen LogP contribution >= 0.6 is 0 Å². The lowest BCUT2D eigenvalue weighted by molar-refractivity contribution is -0.137. The third-order valence-corrected chi connectivity index (χ3v) is 3.21. The lowest BCUT2D eigenvalue weighted by Crippen LogP contribution is -2.41. The van der Waals surface area contributed by atoms with Gasteiger partial charge in [0, 0.05) is 12.1 Å². The van der Waals surface area contributed by atoms with Crippen LogP contribution in [0.4, 0.5) is 0 Å². The zero-order valence-corrected chi connectivity index (χ0v) is 9.60. The smallest absolute Gasteiger partial charge is 0.303 e. The second kappa shape index (κ2) is 4.14. The van der Waals surface area contributed by atoms with Gasteiger partial charge < -0.3 is 14.6 Å². The van der Waals surface area contributed by atoms with Crippen LogP contribution < -0.4 is 0 Å². The number of hydrogen-bond donors (Lipinski definition) is 1. The average molecular weight is 227 g/mol. The summed E-state index contributed by atoms with van der Waals surface area (Å²) in [6.45, 7) is 4.48. The Morgan fingerprint density at radius 3 is 3.12 bits per heavy atom. The highest BCUT2D eigenvalue weighted by atomic mass is 16.7. The molecule has 0 bridgehead atoms. The maximum atomic E-state index is 10.4. The summed E-state index contributed by atoms with van der Waals surface area (Å²) in [6.07, 6.45) is 1.27. The van der Waals surface area contributed by atoms with Gasteiger partial charge in [0.25, 0.3) is 0 Å². The standard InChI is InChI=1S/C11H17NO4/c1-7-15-9-6-12-8(11(9,2)16-7)4-3-5-10(13)14/h7,9H,3-6H2,1-2H3,(H,13,14)/t7-,9?,11?/m1/s1. The van der Waals surface area contributed by atoms with E-state index < -0.39 is 11.6 Å². The molecule has 2 heterocycles. The molecule has 2 rings (SSSR count). The molecule has 1 fully saturated rings. The van der Waals surface area contributed by atoms with Crippen molar-refractivity contribution in [1.29, 1.82) is 0 Å². The molecule has 0 aromatic carbocycles. The van der Waals surface area contributed by atoms with E-state index in [1.165, 1.54) is 0 Å². The van der Waals surface area contributed by atoms with Crippen molar-refractivity contribution < 1.29 is 19.4 Å². The van der Waals surface area contributed by atoms with Crippen LogP contribution in [-0.2, 0) is 14.3 Å². The van der Waals surface area contributed by atoms with Gasteiger partial charge in [-0.1, -0.05) is 0 Å². The van der Waals surface area contributed by atoms with E-state index in [9.17, 15) is 4.79 Å². The Bertz CT molecular complexity index is 328. The number of ether oxygens (including phenoxy) is 2. The van der Waals surface area contributed by atoms with Gasteiger partial charge in [-0.05, 0) is 26.7 Å². The molecule has 3 atom stereocenters. The van der Waals surface area contributed by atoms with Crippen LogP contribution in [0.5, 0.6) is 0 Å². The second-order valence-electron chi connectivity index (χ2n) is 4.45. The Hall–Kier alpha value is -0.940. The number of aliphatic carboxylic acids is 1. The normalized spacial score (nSPS) is 37.2. The molecule has 2 aliphatic rings. The van der Waals surface area contributed by atoms with Crippen LogP contribution in [0.2, 0.25) is 0 Å².